The Hall–Kier alpha value is -1.79. The van der Waals surface area contributed by atoms with E-state index in [0.717, 1.165) is 37.9 Å². The number of amides is 1. The van der Waals surface area contributed by atoms with Crippen LogP contribution in [-0.2, 0) is 4.79 Å². The molecule has 0 N–H and O–H groups in total. The zero-order chi connectivity index (χ0) is 17.0. The van der Waals surface area contributed by atoms with E-state index in [4.69, 9.17) is 6.42 Å². The average molecular weight is 334 g/mol. The zero-order valence-corrected chi connectivity index (χ0v) is 14.8. The predicted molar refractivity (Wildman–Crippen MR) is 97.9 cm³/mol. The van der Waals surface area contributed by atoms with Gasteiger partial charge in [-0.15, -0.1) is 6.42 Å². The summed E-state index contributed by atoms with van der Waals surface area (Å²) in [5, 5.41) is 0. The van der Waals surface area contributed by atoms with Gasteiger partial charge in [0.2, 0.25) is 5.91 Å². The largest absolute Gasteiger partial charge is 0.338 e. The van der Waals surface area contributed by atoms with Crippen LogP contribution >= 0.6 is 0 Å². The fraction of sp³-hybridized carbons (Fsp3) is 0.591. The van der Waals surface area contributed by atoms with E-state index >= 15 is 0 Å². The molecular weight excluding hydrogens is 308 g/mol. The van der Waals surface area contributed by atoms with Crippen LogP contribution in [0.1, 0.15) is 62.1 Å². The van der Waals surface area contributed by atoms with Crippen molar-refractivity contribution >= 4 is 5.91 Å². The van der Waals surface area contributed by atoms with Gasteiger partial charge in [0.25, 0.3) is 0 Å². The lowest BCUT2D eigenvalue weighted by Gasteiger charge is -2.35. The van der Waals surface area contributed by atoms with E-state index in [1.54, 1.807) is 0 Å². The molecule has 1 aliphatic carbocycles. The minimum Gasteiger partial charge on any atom is -0.338 e. The van der Waals surface area contributed by atoms with E-state index in [9.17, 15) is 4.79 Å². The first-order valence-electron chi connectivity index (χ1n) is 9.88. The molecule has 130 valence electrons. The molecule has 0 unspecified atom stereocenters. The van der Waals surface area contributed by atoms with Gasteiger partial charge in [-0.1, -0.05) is 30.9 Å². The molecular formula is C22H26N2O. The topological polar surface area (TPSA) is 23.6 Å². The van der Waals surface area contributed by atoms with E-state index < -0.39 is 0 Å². The summed E-state index contributed by atoms with van der Waals surface area (Å²) in [7, 11) is 0. The first kappa shape index (κ1) is 15.5. The molecule has 3 heteroatoms. The van der Waals surface area contributed by atoms with Crippen molar-refractivity contribution in [3.63, 3.8) is 0 Å². The number of benzene rings is 1. The molecule has 0 bridgehead atoms. The summed E-state index contributed by atoms with van der Waals surface area (Å²) in [6, 6.07) is 9.33. The number of hydrogen-bond donors (Lipinski definition) is 0. The van der Waals surface area contributed by atoms with Crippen LogP contribution in [-0.4, -0.2) is 40.4 Å². The minimum atomic E-state index is -0.196. The molecule has 3 nitrogen and oxygen atoms in total. The molecule has 1 aromatic rings. The van der Waals surface area contributed by atoms with Gasteiger partial charge in [-0.05, 0) is 56.3 Å². The number of nitrogens with zero attached hydrogens (tertiary/aromatic N) is 2. The zero-order valence-electron chi connectivity index (χ0n) is 14.8. The fourth-order valence-electron chi connectivity index (χ4n) is 6.17. The predicted octanol–water partition coefficient (Wildman–Crippen LogP) is 3.35. The number of rotatable bonds is 2. The second-order valence-electron chi connectivity index (χ2n) is 8.33. The lowest BCUT2D eigenvalue weighted by atomic mass is 9.85. The molecule has 3 heterocycles. The van der Waals surface area contributed by atoms with Crippen molar-refractivity contribution in [1.82, 2.24) is 9.80 Å². The normalized spacial score (nSPS) is 35.2. The molecule has 1 amide bonds. The van der Waals surface area contributed by atoms with Crippen LogP contribution in [0, 0.1) is 18.3 Å². The molecule has 3 aliphatic heterocycles. The maximum absolute atomic E-state index is 13.5. The van der Waals surface area contributed by atoms with Gasteiger partial charge in [0.1, 0.15) is 5.54 Å². The Morgan fingerprint density at radius 3 is 2.60 bits per heavy atom. The number of carbonyl (C=O) groups is 1. The van der Waals surface area contributed by atoms with Crippen molar-refractivity contribution in [2.75, 3.05) is 13.1 Å². The van der Waals surface area contributed by atoms with E-state index in [0.29, 0.717) is 23.9 Å². The second kappa shape index (κ2) is 5.61. The Kier molecular flexibility index (Phi) is 3.47. The molecule has 1 spiro atoms. The lowest BCUT2D eigenvalue weighted by molar-refractivity contribution is -0.138. The maximum Gasteiger partial charge on any atom is 0.243 e. The molecule has 4 fully saturated rings. The molecule has 1 aromatic carbocycles. The molecule has 0 radical (unpaired) electrons. The number of carbonyl (C=O) groups excluding carboxylic acids is 1. The second-order valence-corrected chi connectivity index (χ2v) is 8.33. The van der Waals surface area contributed by atoms with E-state index in [1.165, 1.54) is 31.2 Å². The average Bonchev–Trinajstić information content (AvgIpc) is 3.38. The Morgan fingerprint density at radius 1 is 1.12 bits per heavy atom. The van der Waals surface area contributed by atoms with Crippen molar-refractivity contribution in [3.05, 3.63) is 35.4 Å². The molecule has 3 saturated heterocycles. The molecule has 1 saturated carbocycles. The van der Waals surface area contributed by atoms with Gasteiger partial charge in [0, 0.05) is 30.1 Å². The van der Waals surface area contributed by atoms with Crippen molar-refractivity contribution in [2.45, 2.75) is 62.6 Å². The Bertz CT molecular complexity index is 727. The lowest BCUT2D eigenvalue weighted by Crippen LogP contribution is -2.51. The van der Waals surface area contributed by atoms with E-state index in [-0.39, 0.29) is 5.54 Å². The van der Waals surface area contributed by atoms with Gasteiger partial charge in [-0.2, -0.15) is 0 Å². The molecule has 4 aliphatic rings. The smallest absolute Gasteiger partial charge is 0.243 e. The summed E-state index contributed by atoms with van der Waals surface area (Å²) in [4.78, 5) is 18.3. The number of likely N-dealkylation sites (tertiary alicyclic amines) is 1. The van der Waals surface area contributed by atoms with Crippen LogP contribution in [0.2, 0.25) is 0 Å². The fourth-order valence-corrected chi connectivity index (χ4v) is 6.17. The monoisotopic (exact) mass is 334 g/mol. The highest BCUT2D eigenvalue weighted by Crippen LogP contribution is 2.56. The summed E-state index contributed by atoms with van der Waals surface area (Å²) >= 11 is 0. The summed E-state index contributed by atoms with van der Waals surface area (Å²) < 4.78 is 0. The molecule has 5 rings (SSSR count). The highest BCUT2D eigenvalue weighted by Gasteiger charge is 2.65. The van der Waals surface area contributed by atoms with Gasteiger partial charge >= 0.3 is 0 Å². The maximum atomic E-state index is 13.5. The van der Waals surface area contributed by atoms with Crippen LogP contribution in [0.25, 0.3) is 0 Å². The molecule has 25 heavy (non-hydrogen) atoms. The third-order valence-electron chi connectivity index (χ3n) is 7.30. The third-order valence-corrected chi connectivity index (χ3v) is 7.30. The van der Waals surface area contributed by atoms with Crippen LogP contribution < -0.4 is 0 Å². The SMILES string of the molecule is C#Cc1ccc([C@@H]2C[C@H]3CN(C4CCCC4)C(=O)[C@]34CCCN24)cc1. The Morgan fingerprint density at radius 2 is 1.88 bits per heavy atom. The highest BCUT2D eigenvalue weighted by molar-refractivity contribution is 5.90. The van der Waals surface area contributed by atoms with Gasteiger partial charge in [0.05, 0.1) is 0 Å². The summed E-state index contributed by atoms with van der Waals surface area (Å²) in [6.07, 6.45) is 13.8. The first-order chi connectivity index (χ1) is 12.2. The van der Waals surface area contributed by atoms with Crippen molar-refractivity contribution < 1.29 is 4.79 Å². The van der Waals surface area contributed by atoms with Crippen molar-refractivity contribution in [1.29, 1.82) is 0 Å². The van der Waals surface area contributed by atoms with Gasteiger partial charge in [-0.3, -0.25) is 9.69 Å². The number of hydrogen-bond acceptors (Lipinski definition) is 2. The highest BCUT2D eigenvalue weighted by atomic mass is 16.2. The van der Waals surface area contributed by atoms with Crippen LogP contribution in [0.15, 0.2) is 24.3 Å². The Labute approximate surface area is 150 Å². The quantitative estimate of drug-likeness (QED) is 0.775. The van der Waals surface area contributed by atoms with Gasteiger partial charge < -0.3 is 4.90 Å². The summed E-state index contributed by atoms with van der Waals surface area (Å²) in [6.45, 7) is 2.04. The van der Waals surface area contributed by atoms with Crippen LogP contribution in [0.3, 0.4) is 0 Å². The Balaban J connectivity index is 1.45. The van der Waals surface area contributed by atoms with Crippen molar-refractivity contribution in [3.8, 4) is 12.3 Å². The number of terminal acetylenes is 1. The van der Waals surface area contributed by atoms with Crippen LogP contribution in [0.4, 0.5) is 0 Å². The van der Waals surface area contributed by atoms with E-state index in [2.05, 4.69) is 27.9 Å². The molecule has 0 aromatic heterocycles. The minimum absolute atomic E-state index is 0.196. The third kappa shape index (κ3) is 2.07. The van der Waals surface area contributed by atoms with Crippen LogP contribution in [0.5, 0.6) is 0 Å². The summed E-state index contributed by atoms with van der Waals surface area (Å²) in [5.41, 5.74) is 2.06. The van der Waals surface area contributed by atoms with E-state index in [1.807, 2.05) is 12.1 Å². The molecule has 3 atom stereocenters. The van der Waals surface area contributed by atoms with Gasteiger partial charge in [0.15, 0.2) is 0 Å². The summed E-state index contributed by atoms with van der Waals surface area (Å²) in [5.74, 6) is 3.65. The standard InChI is InChI=1S/C22H26N2O/c1-2-16-8-10-17(11-9-16)20-14-18-15-23(19-6-3-4-7-19)21(25)22(18)12-5-13-24(20)22/h1,8-11,18-20H,3-7,12-15H2/t18-,20-,22-/m0/s1. The van der Waals surface area contributed by atoms with Crippen molar-refractivity contribution in [2.24, 2.45) is 5.92 Å². The van der Waals surface area contributed by atoms with Gasteiger partial charge in [-0.25, -0.2) is 0 Å². The first-order valence-corrected chi connectivity index (χ1v) is 9.88.